The zero-order valence-corrected chi connectivity index (χ0v) is 8.07. The highest BCUT2D eigenvalue weighted by Crippen LogP contribution is 2.25. The van der Waals surface area contributed by atoms with Crippen LogP contribution in [-0.2, 0) is 0 Å². The summed E-state index contributed by atoms with van der Waals surface area (Å²) in [5, 5.41) is 12.5. The lowest BCUT2D eigenvalue weighted by atomic mass is 10.0. The molecule has 0 radical (unpaired) electrons. The highest BCUT2D eigenvalue weighted by Gasteiger charge is 2.07. The Balaban J connectivity index is 2.36. The molecule has 3 heteroatoms. The number of nitriles is 1. The van der Waals surface area contributed by atoms with E-state index in [-0.39, 0.29) is 0 Å². The van der Waals surface area contributed by atoms with Crippen molar-refractivity contribution in [2.24, 2.45) is 0 Å². The van der Waals surface area contributed by atoms with Gasteiger partial charge in [0.15, 0.2) is 0 Å². The molecule has 70 valence electrons. The summed E-state index contributed by atoms with van der Waals surface area (Å²) in [4.78, 5) is 0. The van der Waals surface area contributed by atoms with Crippen LogP contribution in [0.4, 0.5) is 0 Å². The topological polar surface area (TPSA) is 41.6 Å². The number of hydrogen-bond donors (Lipinski definition) is 0. The van der Waals surface area contributed by atoms with Crippen molar-refractivity contribution in [1.82, 2.24) is 9.78 Å². The van der Waals surface area contributed by atoms with Crippen LogP contribution in [0, 0.1) is 11.5 Å². The molecule has 0 atom stereocenters. The molecule has 0 saturated carbocycles. The van der Waals surface area contributed by atoms with Crippen molar-refractivity contribution >= 4 is 5.57 Å². The Bertz CT molecular complexity index is 443. The van der Waals surface area contributed by atoms with Crippen LogP contribution < -0.4 is 0 Å². The molecule has 0 unspecified atom stereocenters. The first-order chi connectivity index (χ1) is 6.81. The molecule has 1 aliphatic rings. The van der Waals surface area contributed by atoms with Gasteiger partial charge in [-0.05, 0) is 30.9 Å². The lowest BCUT2D eigenvalue weighted by Crippen LogP contribution is -1.85. The highest BCUT2D eigenvalue weighted by molar-refractivity contribution is 5.69. The molecule has 0 N–H and O–H groups in total. The molecule has 0 fully saturated rings. The first-order valence-electron chi connectivity index (χ1n) is 4.62. The van der Waals surface area contributed by atoms with Gasteiger partial charge in [0.05, 0.1) is 6.20 Å². The van der Waals surface area contributed by atoms with Crippen LogP contribution in [0.5, 0.6) is 0 Å². The van der Waals surface area contributed by atoms with Crippen LogP contribution in [0.3, 0.4) is 0 Å². The number of allylic oxidation sites excluding steroid dienone is 4. The number of hydrogen-bond acceptors (Lipinski definition) is 2. The zero-order chi connectivity index (χ0) is 9.97. The Morgan fingerprint density at radius 2 is 2.50 bits per heavy atom. The van der Waals surface area contributed by atoms with E-state index in [4.69, 9.17) is 5.26 Å². The third-order valence-electron chi connectivity index (χ3n) is 2.50. The van der Waals surface area contributed by atoms with Crippen molar-refractivity contribution < 1.29 is 0 Å². The van der Waals surface area contributed by atoms with Crippen LogP contribution in [-0.4, -0.2) is 9.78 Å². The fraction of sp³-hybridized carbons (Fsp3) is 0.273. The molecule has 0 aromatic carbocycles. The summed E-state index contributed by atoms with van der Waals surface area (Å²) in [6.07, 6.45) is 12.0. The lowest BCUT2D eigenvalue weighted by Gasteiger charge is -2.00. The van der Waals surface area contributed by atoms with Gasteiger partial charge in [-0.15, -0.1) is 0 Å². The van der Waals surface area contributed by atoms with Gasteiger partial charge in [0.1, 0.15) is 0 Å². The first kappa shape index (κ1) is 8.76. The number of aromatic nitrogens is 2. The molecule has 0 saturated heterocycles. The maximum Gasteiger partial charge on any atom is 0.206 e. The van der Waals surface area contributed by atoms with Gasteiger partial charge < -0.3 is 0 Å². The monoisotopic (exact) mass is 185 g/mol. The fourth-order valence-electron chi connectivity index (χ4n) is 1.62. The van der Waals surface area contributed by atoms with E-state index in [1.54, 1.807) is 12.4 Å². The summed E-state index contributed by atoms with van der Waals surface area (Å²) in [6, 6.07) is 0. The minimum Gasteiger partial charge on any atom is -0.174 e. The van der Waals surface area contributed by atoms with E-state index >= 15 is 0 Å². The van der Waals surface area contributed by atoms with Gasteiger partial charge in [-0.2, -0.15) is 15.0 Å². The Labute approximate surface area is 83.0 Å². The van der Waals surface area contributed by atoms with Crippen LogP contribution in [0.15, 0.2) is 30.1 Å². The normalized spacial score (nSPS) is 18.3. The second-order valence-electron chi connectivity index (χ2n) is 3.36. The van der Waals surface area contributed by atoms with E-state index in [0.717, 1.165) is 18.4 Å². The third-order valence-corrected chi connectivity index (χ3v) is 2.50. The summed E-state index contributed by atoms with van der Waals surface area (Å²) in [7, 11) is 0. The van der Waals surface area contributed by atoms with E-state index in [0.29, 0.717) is 0 Å². The van der Waals surface area contributed by atoms with E-state index in [9.17, 15) is 0 Å². The summed E-state index contributed by atoms with van der Waals surface area (Å²) >= 11 is 0. The van der Waals surface area contributed by atoms with Gasteiger partial charge in [-0.25, -0.2) is 0 Å². The summed E-state index contributed by atoms with van der Waals surface area (Å²) in [5.41, 5.74) is 3.61. The van der Waals surface area contributed by atoms with Crippen LogP contribution in [0.2, 0.25) is 0 Å². The molecular formula is C11H11N3. The average molecular weight is 185 g/mol. The maximum absolute atomic E-state index is 8.62. The van der Waals surface area contributed by atoms with E-state index in [2.05, 4.69) is 24.2 Å². The van der Waals surface area contributed by atoms with E-state index in [1.807, 2.05) is 6.19 Å². The van der Waals surface area contributed by atoms with Crippen molar-refractivity contribution in [3.05, 3.63) is 35.7 Å². The fourth-order valence-corrected chi connectivity index (χ4v) is 1.62. The molecular weight excluding hydrogens is 174 g/mol. The van der Waals surface area contributed by atoms with Crippen molar-refractivity contribution in [2.45, 2.75) is 19.8 Å². The van der Waals surface area contributed by atoms with Crippen LogP contribution in [0.25, 0.3) is 5.57 Å². The average Bonchev–Trinajstić information content (AvgIpc) is 2.88. The third kappa shape index (κ3) is 1.47. The summed E-state index contributed by atoms with van der Waals surface area (Å²) in [5.74, 6) is 0. The molecule has 2 rings (SSSR count). The van der Waals surface area contributed by atoms with Gasteiger partial charge in [0, 0.05) is 11.8 Å². The van der Waals surface area contributed by atoms with Crippen molar-refractivity contribution in [2.75, 3.05) is 0 Å². The van der Waals surface area contributed by atoms with Crippen LogP contribution in [0.1, 0.15) is 25.3 Å². The molecule has 0 amide bonds. The summed E-state index contributed by atoms with van der Waals surface area (Å²) < 4.78 is 1.28. The Morgan fingerprint density at radius 1 is 1.64 bits per heavy atom. The largest absolute Gasteiger partial charge is 0.206 e. The molecule has 0 bridgehead atoms. The quantitative estimate of drug-likeness (QED) is 0.673. The van der Waals surface area contributed by atoms with Gasteiger partial charge in [-0.3, -0.25) is 0 Å². The second-order valence-corrected chi connectivity index (χ2v) is 3.36. The molecule has 14 heavy (non-hydrogen) atoms. The van der Waals surface area contributed by atoms with E-state index in [1.165, 1.54) is 15.8 Å². The van der Waals surface area contributed by atoms with Crippen molar-refractivity contribution in [3.63, 3.8) is 0 Å². The minimum atomic E-state index is 1.04. The molecule has 3 nitrogen and oxygen atoms in total. The molecule has 1 aromatic heterocycles. The number of nitrogens with zero attached hydrogens (tertiary/aromatic N) is 3. The van der Waals surface area contributed by atoms with Gasteiger partial charge in [-0.1, -0.05) is 12.2 Å². The maximum atomic E-state index is 8.62. The van der Waals surface area contributed by atoms with Crippen molar-refractivity contribution in [3.8, 4) is 6.19 Å². The molecule has 1 heterocycles. The molecule has 1 aliphatic carbocycles. The lowest BCUT2D eigenvalue weighted by molar-refractivity contribution is 0.898. The number of rotatable bonds is 1. The zero-order valence-electron chi connectivity index (χ0n) is 8.07. The molecule has 0 aliphatic heterocycles. The summed E-state index contributed by atoms with van der Waals surface area (Å²) in [6.45, 7) is 2.07. The smallest absolute Gasteiger partial charge is 0.174 e. The highest BCUT2D eigenvalue weighted by atomic mass is 15.3. The standard InChI is InChI=1S/C11H11N3/c1-9(10-4-2-3-5-10)11-6-13-14(7-11)8-12/h2,4,6-7H,3,5H2,1H3/b10-9+. The Kier molecular flexibility index (Phi) is 2.19. The Morgan fingerprint density at radius 3 is 3.07 bits per heavy atom. The molecule has 1 aromatic rings. The predicted octanol–water partition coefficient (Wildman–Crippen LogP) is 2.34. The van der Waals surface area contributed by atoms with Crippen molar-refractivity contribution in [1.29, 1.82) is 5.26 Å². The van der Waals surface area contributed by atoms with Gasteiger partial charge in [0.2, 0.25) is 6.19 Å². The van der Waals surface area contributed by atoms with Gasteiger partial charge >= 0.3 is 0 Å². The molecule has 0 spiro atoms. The van der Waals surface area contributed by atoms with Gasteiger partial charge in [0.25, 0.3) is 0 Å². The minimum absolute atomic E-state index is 1.04. The van der Waals surface area contributed by atoms with Crippen LogP contribution >= 0.6 is 0 Å². The van der Waals surface area contributed by atoms with E-state index < -0.39 is 0 Å². The SMILES string of the molecule is C/C(=C1/C=CCC1)c1cnn(C#N)c1. The Hall–Kier alpha value is -1.82. The first-order valence-corrected chi connectivity index (χ1v) is 4.62. The predicted molar refractivity (Wildman–Crippen MR) is 54.2 cm³/mol. The second kappa shape index (κ2) is 3.51.